The van der Waals surface area contributed by atoms with Crippen molar-refractivity contribution >= 4 is 0 Å². The molecule has 4 nitrogen and oxygen atoms in total. The topological polar surface area (TPSA) is 73.3 Å². The Bertz CT molecular complexity index is 431. The summed E-state index contributed by atoms with van der Waals surface area (Å²) in [5, 5.41) is 3.41. The number of nitrogens with one attached hydrogen (secondary N) is 1. The quantitative estimate of drug-likeness (QED) is 0.709. The predicted octanol–water partition coefficient (Wildman–Crippen LogP) is 0.775. The molecule has 0 aliphatic carbocycles. The summed E-state index contributed by atoms with van der Waals surface area (Å²) < 4.78 is 5.55. The summed E-state index contributed by atoms with van der Waals surface area (Å²) in [5.74, 6) is 1.04. The van der Waals surface area contributed by atoms with E-state index in [0.717, 1.165) is 31.9 Å². The molecule has 5 N–H and O–H groups in total. The van der Waals surface area contributed by atoms with Crippen molar-refractivity contribution < 1.29 is 4.74 Å². The van der Waals surface area contributed by atoms with E-state index in [9.17, 15) is 0 Å². The van der Waals surface area contributed by atoms with E-state index in [1.165, 1.54) is 11.1 Å². The van der Waals surface area contributed by atoms with E-state index in [4.69, 9.17) is 16.2 Å². The SMILES string of the molecule is CC(C)(CNCC(N)CN)c1ccc2c(c1)CCO2. The van der Waals surface area contributed by atoms with E-state index >= 15 is 0 Å². The van der Waals surface area contributed by atoms with Crippen LogP contribution in [0, 0.1) is 0 Å². The molecular weight excluding hydrogens is 238 g/mol. The van der Waals surface area contributed by atoms with E-state index in [1.807, 2.05) is 0 Å². The molecule has 1 heterocycles. The molecule has 0 amide bonds. The van der Waals surface area contributed by atoms with Gasteiger partial charge in [0.2, 0.25) is 0 Å². The van der Waals surface area contributed by atoms with Gasteiger partial charge in [0.1, 0.15) is 5.75 Å². The molecule has 1 aliphatic heterocycles. The number of fused-ring (bicyclic) bond motifs is 1. The molecule has 0 saturated heterocycles. The Morgan fingerprint density at radius 1 is 1.42 bits per heavy atom. The van der Waals surface area contributed by atoms with Crippen LogP contribution in [0.2, 0.25) is 0 Å². The fourth-order valence-corrected chi connectivity index (χ4v) is 2.36. The molecule has 19 heavy (non-hydrogen) atoms. The van der Waals surface area contributed by atoms with Crippen molar-refractivity contribution in [2.24, 2.45) is 11.5 Å². The lowest BCUT2D eigenvalue weighted by Gasteiger charge is -2.27. The molecule has 2 rings (SSSR count). The van der Waals surface area contributed by atoms with Gasteiger partial charge in [-0.1, -0.05) is 26.0 Å². The molecule has 0 spiro atoms. The summed E-state index contributed by atoms with van der Waals surface area (Å²) in [6.07, 6.45) is 1.02. The second-order valence-electron chi connectivity index (χ2n) is 5.93. The number of nitrogens with two attached hydrogens (primary N) is 2. The maximum Gasteiger partial charge on any atom is 0.122 e. The molecule has 1 aliphatic rings. The van der Waals surface area contributed by atoms with Crippen molar-refractivity contribution in [2.45, 2.75) is 31.7 Å². The van der Waals surface area contributed by atoms with Crippen molar-refractivity contribution in [1.82, 2.24) is 5.32 Å². The largest absolute Gasteiger partial charge is 0.493 e. The monoisotopic (exact) mass is 263 g/mol. The summed E-state index contributed by atoms with van der Waals surface area (Å²) >= 11 is 0. The second kappa shape index (κ2) is 5.90. The second-order valence-corrected chi connectivity index (χ2v) is 5.93. The first kappa shape index (κ1) is 14.3. The third-order valence-electron chi connectivity index (χ3n) is 3.75. The Morgan fingerprint density at radius 2 is 2.21 bits per heavy atom. The van der Waals surface area contributed by atoms with E-state index < -0.39 is 0 Å². The molecule has 106 valence electrons. The Morgan fingerprint density at radius 3 is 2.95 bits per heavy atom. The average molecular weight is 263 g/mol. The Hall–Kier alpha value is -1.10. The van der Waals surface area contributed by atoms with E-state index in [1.54, 1.807) is 0 Å². The number of hydrogen-bond donors (Lipinski definition) is 3. The summed E-state index contributed by atoms with van der Waals surface area (Å²) in [7, 11) is 0. The van der Waals surface area contributed by atoms with E-state index in [2.05, 4.69) is 37.4 Å². The Kier molecular flexibility index (Phi) is 4.45. The highest BCUT2D eigenvalue weighted by atomic mass is 16.5. The first-order chi connectivity index (χ1) is 9.03. The van der Waals surface area contributed by atoms with Gasteiger partial charge in [-0.25, -0.2) is 0 Å². The standard InChI is InChI=1S/C15H25N3O/c1-15(2,10-18-9-13(17)8-16)12-3-4-14-11(7-12)5-6-19-14/h3-4,7,13,18H,5-6,8-10,16-17H2,1-2H3. The fraction of sp³-hybridized carbons (Fsp3) is 0.600. The van der Waals surface area contributed by atoms with Gasteiger partial charge in [0, 0.05) is 37.5 Å². The first-order valence-electron chi connectivity index (χ1n) is 6.95. The summed E-state index contributed by atoms with van der Waals surface area (Å²) in [6.45, 7) is 7.46. The summed E-state index contributed by atoms with van der Waals surface area (Å²) in [4.78, 5) is 0. The van der Waals surface area contributed by atoms with Crippen molar-refractivity contribution in [1.29, 1.82) is 0 Å². The van der Waals surface area contributed by atoms with Crippen LogP contribution in [0.4, 0.5) is 0 Å². The lowest BCUT2D eigenvalue weighted by molar-refractivity contribution is 0.356. The summed E-state index contributed by atoms with van der Waals surface area (Å²) in [5.41, 5.74) is 14.1. The fourth-order valence-electron chi connectivity index (χ4n) is 2.36. The predicted molar refractivity (Wildman–Crippen MR) is 78.6 cm³/mol. The molecular formula is C15H25N3O. The van der Waals surface area contributed by atoms with Gasteiger partial charge in [-0.2, -0.15) is 0 Å². The zero-order valence-corrected chi connectivity index (χ0v) is 11.9. The van der Waals surface area contributed by atoms with Crippen LogP contribution in [0.25, 0.3) is 0 Å². The minimum Gasteiger partial charge on any atom is -0.493 e. The Labute approximate surface area is 115 Å². The van der Waals surface area contributed by atoms with Crippen LogP contribution in [0.5, 0.6) is 5.75 Å². The van der Waals surface area contributed by atoms with E-state index in [0.29, 0.717) is 6.54 Å². The molecule has 1 unspecified atom stereocenters. The van der Waals surface area contributed by atoms with Gasteiger partial charge in [-0.15, -0.1) is 0 Å². The van der Waals surface area contributed by atoms with Gasteiger partial charge in [0.05, 0.1) is 6.61 Å². The molecule has 1 atom stereocenters. The van der Waals surface area contributed by atoms with Gasteiger partial charge in [-0.05, 0) is 17.2 Å². The van der Waals surface area contributed by atoms with Crippen molar-refractivity contribution in [3.05, 3.63) is 29.3 Å². The molecule has 1 aromatic rings. The van der Waals surface area contributed by atoms with Crippen LogP contribution in [-0.4, -0.2) is 32.3 Å². The van der Waals surface area contributed by atoms with Crippen molar-refractivity contribution in [3.8, 4) is 5.75 Å². The minimum absolute atomic E-state index is 0.0317. The average Bonchev–Trinajstić information content (AvgIpc) is 2.85. The van der Waals surface area contributed by atoms with Crippen LogP contribution in [-0.2, 0) is 11.8 Å². The number of hydrogen-bond acceptors (Lipinski definition) is 4. The first-order valence-corrected chi connectivity index (χ1v) is 6.95. The zero-order valence-electron chi connectivity index (χ0n) is 11.9. The van der Waals surface area contributed by atoms with Gasteiger partial charge in [0.25, 0.3) is 0 Å². The number of ether oxygens (including phenoxy) is 1. The van der Waals surface area contributed by atoms with Crippen molar-refractivity contribution in [3.63, 3.8) is 0 Å². The molecule has 0 saturated carbocycles. The third kappa shape index (κ3) is 3.47. The molecule has 0 fully saturated rings. The third-order valence-corrected chi connectivity index (χ3v) is 3.75. The highest BCUT2D eigenvalue weighted by molar-refractivity contribution is 5.42. The van der Waals surface area contributed by atoms with E-state index in [-0.39, 0.29) is 11.5 Å². The lowest BCUT2D eigenvalue weighted by atomic mass is 9.83. The molecule has 0 bridgehead atoms. The molecule has 0 radical (unpaired) electrons. The Balaban J connectivity index is 1.98. The molecule has 1 aromatic carbocycles. The van der Waals surface area contributed by atoms with Crippen molar-refractivity contribution in [2.75, 3.05) is 26.2 Å². The van der Waals surface area contributed by atoms with Gasteiger partial charge >= 0.3 is 0 Å². The number of benzene rings is 1. The number of rotatable bonds is 6. The molecule has 0 aromatic heterocycles. The lowest BCUT2D eigenvalue weighted by Crippen LogP contribution is -2.43. The van der Waals surface area contributed by atoms with Crippen LogP contribution >= 0.6 is 0 Å². The molecule has 4 heteroatoms. The highest BCUT2D eigenvalue weighted by Gasteiger charge is 2.23. The summed E-state index contributed by atoms with van der Waals surface area (Å²) in [6, 6.07) is 6.55. The van der Waals surface area contributed by atoms with Crippen LogP contribution in [0.1, 0.15) is 25.0 Å². The van der Waals surface area contributed by atoms with Gasteiger partial charge in [0.15, 0.2) is 0 Å². The normalized spacial score (nSPS) is 16.0. The maximum atomic E-state index is 5.81. The zero-order chi connectivity index (χ0) is 13.9. The van der Waals surface area contributed by atoms with Crippen LogP contribution in [0.3, 0.4) is 0 Å². The maximum absolute atomic E-state index is 5.81. The van der Waals surface area contributed by atoms with Crippen LogP contribution < -0.4 is 21.5 Å². The van der Waals surface area contributed by atoms with Gasteiger partial charge in [-0.3, -0.25) is 0 Å². The minimum atomic E-state index is 0.0317. The highest BCUT2D eigenvalue weighted by Crippen LogP contribution is 2.31. The smallest absolute Gasteiger partial charge is 0.122 e. The van der Waals surface area contributed by atoms with Crippen LogP contribution in [0.15, 0.2) is 18.2 Å². The van der Waals surface area contributed by atoms with Gasteiger partial charge < -0.3 is 21.5 Å².